The second kappa shape index (κ2) is 7.09. The molecular formula is C27H26ClNO3. The van der Waals surface area contributed by atoms with Crippen molar-refractivity contribution in [3.05, 3.63) is 94.0 Å². The van der Waals surface area contributed by atoms with E-state index in [-0.39, 0.29) is 11.8 Å². The maximum absolute atomic E-state index is 14.0. The predicted octanol–water partition coefficient (Wildman–Crippen LogP) is 5.25. The minimum atomic E-state index is -0.938. The number of methoxy groups -OCH3 is 1. The number of carbonyl (C=O) groups is 1. The third-order valence-electron chi connectivity index (χ3n) is 7.38. The molecule has 1 N–H and O–H groups in total. The third-order valence-corrected chi connectivity index (χ3v) is 7.63. The molecule has 3 aromatic carbocycles. The molecule has 0 radical (unpaired) electrons. The summed E-state index contributed by atoms with van der Waals surface area (Å²) in [5.41, 5.74) is 3.40. The van der Waals surface area contributed by atoms with E-state index in [1.807, 2.05) is 81.4 Å². The molecule has 1 aliphatic heterocycles. The number of carbonyl (C=O) groups excluding carboxylic acids is 1. The van der Waals surface area contributed by atoms with E-state index in [9.17, 15) is 9.90 Å². The van der Waals surface area contributed by atoms with Crippen molar-refractivity contribution >= 4 is 23.2 Å². The quantitative estimate of drug-likeness (QED) is 0.594. The van der Waals surface area contributed by atoms with Gasteiger partial charge < -0.3 is 9.84 Å². The van der Waals surface area contributed by atoms with Crippen LogP contribution < -0.4 is 9.64 Å². The van der Waals surface area contributed by atoms with Crippen molar-refractivity contribution < 1.29 is 14.6 Å². The average molecular weight is 448 g/mol. The van der Waals surface area contributed by atoms with Crippen LogP contribution in [0, 0.1) is 25.2 Å². The number of ether oxygens (including phenoxy) is 1. The van der Waals surface area contributed by atoms with Gasteiger partial charge in [0.05, 0.1) is 12.5 Å². The largest absolute Gasteiger partial charge is 0.497 e. The van der Waals surface area contributed by atoms with E-state index in [1.165, 1.54) is 0 Å². The Balaban J connectivity index is 1.66. The number of rotatable bonds is 4. The number of hydrogen-bond donors (Lipinski definition) is 1. The van der Waals surface area contributed by atoms with E-state index in [1.54, 1.807) is 12.0 Å². The average Bonchev–Trinajstić information content (AvgIpc) is 3.28. The molecule has 5 heteroatoms. The zero-order valence-electron chi connectivity index (χ0n) is 18.6. The lowest BCUT2D eigenvalue weighted by molar-refractivity contribution is -0.123. The molecule has 4 atom stereocenters. The summed E-state index contributed by atoms with van der Waals surface area (Å²) in [6.07, 6.45) is -0.938. The lowest BCUT2D eigenvalue weighted by atomic mass is 9.79. The van der Waals surface area contributed by atoms with Crippen LogP contribution in [0.2, 0.25) is 5.02 Å². The Hall–Kier alpha value is -2.82. The van der Waals surface area contributed by atoms with Crippen molar-refractivity contribution in [3.63, 3.8) is 0 Å². The number of amides is 1. The Morgan fingerprint density at radius 3 is 1.94 bits per heavy atom. The van der Waals surface area contributed by atoms with Crippen LogP contribution in [0.3, 0.4) is 0 Å². The summed E-state index contributed by atoms with van der Waals surface area (Å²) in [7, 11) is 1.63. The topological polar surface area (TPSA) is 49.8 Å². The van der Waals surface area contributed by atoms with Gasteiger partial charge in [0, 0.05) is 22.0 Å². The van der Waals surface area contributed by atoms with Crippen molar-refractivity contribution in [3.8, 4) is 5.75 Å². The summed E-state index contributed by atoms with van der Waals surface area (Å²) < 4.78 is 5.34. The van der Waals surface area contributed by atoms with E-state index in [4.69, 9.17) is 16.3 Å². The number of aliphatic hydroxyl groups excluding tert-OH is 1. The molecule has 1 amide bonds. The Morgan fingerprint density at radius 1 is 0.938 bits per heavy atom. The second-order valence-electron chi connectivity index (χ2n) is 9.16. The van der Waals surface area contributed by atoms with Crippen molar-refractivity contribution in [1.29, 1.82) is 0 Å². The van der Waals surface area contributed by atoms with Crippen LogP contribution in [0.15, 0.2) is 66.7 Å². The molecule has 1 aliphatic carbocycles. The SMILES string of the molecule is COc1ccc([C@]2(c3ccc(Cl)cc3)[C@@H]3C(O)N(c4cc(C)cc(C)c4)C(=O)[C@@]32C)cc1. The molecule has 2 aliphatic rings. The normalized spacial score (nSPS) is 28.6. The summed E-state index contributed by atoms with van der Waals surface area (Å²) in [6.45, 7) is 5.98. The van der Waals surface area contributed by atoms with Crippen LogP contribution in [0.25, 0.3) is 0 Å². The van der Waals surface area contributed by atoms with Crippen molar-refractivity contribution in [2.45, 2.75) is 32.4 Å². The molecule has 2 fully saturated rings. The van der Waals surface area contributed by atoms with Crippen LogP contribution >= 0.6 is 11.6 Å². The van der Waals surface area contributed by atoms with Crippen molar-refractivity contribution in [1.82, 2.24) is 0 Å². The fourth-order valence-corrected chi connectivity index (χ4v) is 6.17. The zero-order chi connectivity index (χ0) is 22.8. The highest BCUT2D eigenvalue weighted by Gasteiger charge is 2.86. The first-order valence-electron chi connectivity index (χ1n) is 10.8. The van der Waals surface area contributed by atoms with E-state index < -0.39 is 17.1 Å². The molecule has 4 nitrogen and oxygen atoms in total. The minimum Gasteiger partial charge on any atom is -0.497 e. The molecule has 0 spiro atoms. The van der Waals surface area contributed by atoms with Gasteiger partial charge in [-0.15, -0.1) is 0 Å². The number of piperidine rings is 1. The Labute approximate surface area is 193 Å². The maximum atomic E-state index is 14.0. The van der Waals surface area contributed by atoms with Gasteiger partial charge in [-0.25, -0.2) is 0 Å². The molecule has 1 unspecified atom stereocenters. The van der Waals surface area contributed by atoms with E-state index in [0.717, 1.165) is 33.7 Å². The molecule has 0 aromatic heterocycles. The Bertz CT molecular complexity index is 1190. The number of fused-ring (bicyclic) bond motifs is 1. The van der Waals surface area contributed by atoms with Crippen LogP contribution in [0.5, 0.6) is 5.75 Å². The lowest BCUT2D eigenvalue weighted by Gasteiger charge is -2.33. The van der Waals surface area contributed by atoms with Crippen LogP contribution in [0.1, 0.15) is 29.2 Å². The molecule has 164 valence electrons. The number of hydrogen-bond acceptors (Lipinski definition) is 3. The van der Waals surface area contributed by atoms with Gasteiger partial charge >= 0.3 is 0 Å². The smallest absolute Gasteiger partial charge is 0.236 e. The van der Waals surface area contributed by atoms with Crippen LogP contribution in [-0.2, 0) is 10.2 Å². The van der Waals surface area contributed by atoms with Gasteiger partial charge in [0.2, 0.25) is 5.91 Å². The summed E-state index contributed by atoms with van der Waals surface area (Å²) in [5.74, 6) is 0.392. The fraction of sp³-hybridized carbons (Fsp3) is 0.296. The second-order valence-corrected chi connectivity index (χ2v) is 9.59. The van der Waals surface area contributed by atoms with Gasteiger partial charge in [-0.2, -0.15) is 0 Å². The first-order chi connectivity index (χ1) is 15.2. The first-order valence-corrected chi connectivity index (χ1v) is 11.1. The minimum absolute atomic E-state index is 0.0641. The molecular weight excluding hydrogens is 422 g/mol. The molecule has 1 heterocycles. The highest BCUT2D eigenvalue weighted by molar-refractivity contribution is 6.30. The lowest BCUT2D eigenvalue weighted by Crippen LogP contribution is -2.44. The number of aryl methyl sites for hydroxylation is 2. The fourth-order valence-electron chi connectivity index (χ4n) is 6.05. The number of halogens is 1. The first kappa shape index (κ1) is 21.0. The monoisotopic (exact) mass is 447 g/mol. The Morgan fingerprint density at radius 2 is 1.47 bits per heavy atom. The molecule has 1 saturated carbocycles. The van der Waals surface area contributed by atoms with Crippen molar-refractivity contribution in [2.75, 3.05) is 12.0 Å². The van der Waals surface area contributed by atoms with E-state index >= 15 is 0 Å². The molecule has 0 bridgehead atoms. The molecule has 1 saturated heterocycles. The van der Waals surface area contributed by atoms with Crippen LogP contribution in [0.4, 0.5) is 5.69 Å². The summed E-state index contributed by atoms with van der Waals surface area (Å²) >= 11 is 6.17. The molecule has 3 aromatic rings. The van der Waals surface area contributed by atoms with Crippen molar-refractivity contribution in [2.24, 2.45) is 11.3 Å². The summed E-state index contributed by atoms with van der Waals surface area (Å²) in [6, 6.07) is 21.4. The van der Waals surface area contributed by atoms with Gasteiger partial charge in [0.15, 0.2) is 0 Å². The summed E-state index contributed by atoms with van der Waals surface area (Å²) in [4.78, 5) is 15.5. The number of benzene rings is 3. The van der Waals surface area contributed by atoms with Gasteiger partial charge in [-0.05, 0) is 79.4 Å². The van der Waals surface area contributed by atoms with Gasteiger partial charge in [-0.1, -0.05) is 41.9 Å². The number of anilines is 1. The summed E-state index contributed by atoms with van der Waals surface area (Å²) in [5, 5.41) is 12.2. The third kappa shape index (κ3) is 2.63. The maximum Gasteiger partial charge on any atom is 0.236 e. The highest BCUT2D eigenvalue weighted by atomic mass is 35.5. The standard InChI is InChI=1S/C27H26ClNO3/c1-16-13-17(2)15-21(14-16)29-24(30)23-26(3,25(29)31)27(23,18-5-9-20(28)10-6-18)19-7-11-22(32-4)12-8-19/h5-15,23-24,30H,1-4H3/t23-,24?,26-,27-/m1/s1. The highest BCUT2D eigenvalue weighted by Crippen LogP contribution is 2.77. The molecule has 5 rings (SSSR count). The van der Waals surface area contributed by atoms with Gasteiger partial charge in [-0.3, -0.25) is 9.69 Å². The number of aliphatic hydroxyl groups is 1. The van der Waals surface area contributed by atoms with E-state index in [2.05, 4.69) is 6.07 Å². The van der Waals surface area contributed by atoms with Gasteiger partial charge in [0.25, 0.3) is 0 Å². The Kier molecular flexibility index (Phi) is 4.66. The number of nitrogens with zero attached hydrogens (tertiary/aromatic N) is 1. The van der Waals surface area contributed by atoms with Gasteiger partial charge in [0.1, 0.15) is 12.0 Å². The predicted molar refractivity (Wildman–Crippen MR) is 126 cm³/mol. The zero-order valence-corrected chi connectivity index (χ0v) is 19.4. The van der Waals surface area contributed by atoms with Crippen LogP contribution in [-0.4, -0.2) is 24.4 Å². The molecule has 32 heavy (non-hydrogen) atoms. The van der Waals surface area contributed by atoms with E-state index in [0.29, 0.717) is 5.02 Å².